The molecule has 0 heterocycles. The quantitative estimate of drug-likeness (QED) is 0.831. The molecule has 0 aliphatic heterocycles. The number of nitrogen functional groups attached to an aromatic ring is 1. The van der Waals surface area contributed by atoms with E-state index in [1.54, 1.807) is 18.2 Å². The molecule has 1 saturated carbocycles. The zero-order chi connectivity index (χ0) is 14.7. The van der Waals surface area contributed by atoms with Gasteiger partial charge in [-0.15, -0.1) is 0 Å². The van der Waals surface area contributed by atoms with Gasteiger partial charge in [0, 0.05) is 11.6 Å². The van der Waals surface area contributed by atoms with Gasteiger partial charge in [-0.05, 0) is 49.8 Å². The topological polar surface area (TPSA) is 64.3 Å². The fourth-order valence-electron chi connectivity index (χ4n) is 2.80. The lowest BCUT2D eigenvalue weighted by atomic mass is 9.97. The molecule has 0 saturated heterocycles. The van der Waals surface area contributed by atoms with Gasteiger partial charge >= 0.3 is 0 Å². The van der Waals surface area contributed by atoms with Crippen LogP contribution in [0.5, 0.6) is 5.75 Å². The maximum Gasteiger partial charge on any atom is 0.251 e. The molecule has 0 radical (unpaired) electrons. The highest BCUT2D eigenvalue weighted by Crippen LogP contribution is 2.31. The third-order valence-electron chi connectivity index (χ3n) is 4.35. The number of nitrogens with two attached hydrogens (primary N) is 1. The van der Waals surface area contributed by atoms with Crippen LogP contribution in [0.15, 0.2) is 18.2 Å². The molecule has 2 rings (SSSR count). The van der Waals surface area contributed by atoms with Gasteiger partial charge in [-0.25, -0.2) is 0 Å². The summed E-state index contributed by atoms with van der Waals surface area (Å²) in [5.41, 5.74) is 7.00. The number of hydrogen-bond acceptors (Lipinski definition) is 3. The number of carbonyl (C=O) groups is 1. The first kappa shape index (κ1) is 14.7. The molecule has 110 valence electrons. The highest BCUT2D eigenvalue weighted by Gasteiger charge is 2.30. The van der Waals surface area contributed by atoms with E-state index in [0.29, 0.717) is 35.4 Å². The Morgan fingerprint density at radius 2 is 2.15 bits per heavy atom. The number of rotatable bonds is 4. The van der Waals surface area contributed by atoms with E-state index in [0.717, 1.165) is 6.42 Å². The molecule has 3 N–H and O–H groups in total. The van der Waals surface area contributed by atoms with Crippen LogP contribution in [0, 0.1) is 11.8 Å². The summed E-state index contributed by atoms with van der Waals surface area (Å²) in [5, 5.41) is 3.12. The Hall–Kier alpha value is -1.71. The van der Waals surface area contributed by atoms with Crippen molar-refractivity contribution in [3.05, 3.63) is 23.8 Å². The van der Waals surface area contributed by atoms with E-state index in [9.17, 15) is 4.79 Å². The summed E-state index contributed by atoms with van der Waals surface area (Å²) in [6.07, 6.45) is 2.23. The van der Waals surface area contributed by atoms with Gasteiger partial charge in [-0.2, -0.15) is 0 Å². The molecule has 1 aromatic carbocycles. The van der Waals surface area contributed by atoms with E-state index in [-0.39, 0.29) is 11.9 Å². The summed E-state index contributed by atoms with van der Waals surface area (Å²) in [7, 11) is 0. The Kier molecular flexibility index (Phi) is 4.53. The molecular weight excluding hydrogens is 252 g/mol. The van der Waals surface area contributed by atoms with Crippen LogP contribution in [-0.2, 0) is 0 Å². The number of amides is 1. The molecule has 3 atom stereocenters. The molecular formula is C16H24N2O2. The van der Waals surface area contributed by atoms with E-state index >= 15 is 0 Å². The Labute approximate surface area is 120 Å². The van der Waals surface area contributed by atoms with Crippen LogP contribution < -0.4 is 15.8 Å². The minimum absolute atomic E-state index is 0.0503. The van der Waals surface area contributed by atoms with E-state index in [1.165, 1.54) is 6.42 Å². The minimum Gasteiger partial charge on any atom is -0.492 e. The van der Waals surface area contributed by atoms with Crippen molar-refractivity contribution in [1.29, 1.82) is 0 Å². The van der Waals surface area contributed by atoms with Crippen molar-refractivity contribution in [2.75, 3.05) is 12.3 Å². The zero-order valence-corrected chi connectivity index (χ0v) is 12.5. The molecule has 3 unspecified atom stereocenters. The van der Waals surface area contributed by atoms with Crippen LogP contribution >= 0.6 is 0 Å². The van der Waals surface area contributed by atoms with Crippen LogP contribution in [0.2, 0.25) is 0 Å². The first-order chi connectivity index (χ1) is 9.52. The molecule has 4 heteroatoms. The van der Waals surface area contributed by atoms with Gasteiger partial charge in [0.05, 0.1) is 12.3 Å². The zero-order valence-electron chi connectivity index (χ0n) is 12.5. The first-order valence-corrected chi connectivity index (χ1v) is 7.36. The monoisotopic (exact) mass is 276 g/mol. The lowest BCUT2D eigenvalue weighted by Crippen LogP contribution is -2.37. The predicted molar refractivity (Wildman–Crippen MR) is 80.8 cm³/mol. The average Bonchev–Trinajstić information content (AvgIpc) is 2.73. The molecule has 1 amide bonds. The number of nitrogens with one attached hydrogen (secondary N) is 1. The Morgan fingerprint density at radius 1 is 1.40 bits per heavy atom. The van der Waals surface area contributed by atoms with Gasteiger partial charge in [0.25, 0.3) is 5.91 Å². The minimum atomic E-state index is -0.0503. The van der Waals surface area contributed by atoms with Crippen molar-refractivity contribution in [3.8, 4) is 5.75 Å². The van der Waals surface area contributed by atoms with Crippen molar-refractivity contribution in [3.63, 3.8) is 0 Å². The molecule has 1 fully saturated rings. The molecule has 1 aliphatic rings. The second-order valence-electron chi connectivity index (χ2n) is 5.68. The number of carbonyl (C=O) groups excluding carboxylic acids is 1. The lowest BCUT2D eigenvalue weighted by Gasteiger charge is -2.20. The van der Waals surface area contributed by atoms with Crippen LogP contribution in [0.25, 0.3) is 0 Å². The summed E-state index contributed by atoms with van der Waals surface area (Å²) >= 11 is 0. The highest BCUT2D eigenvalue weighted by atomic mass is 16.5. The first-order valence-electron chi connectivity index (χ1n) is 7.36. The summed E-state index contributed by atoms with van der Waals surface area (Å²) < 4.78 is 5.38. The van der Waals surface area contributed by atoms with Crippen LogP contribution in [0.1, 0.15) is 44.0 Å². The molecule has 1 aliphatic carbocycles. The van der Waals surface area contributed by atoms with E-state index in [1.807, 2.05) is 6.92 Å². The second-order valence-corrected chi connectivity index (χ2v) is 5.68. The van der Waals surface area contributed by atoms with Gasteiger partial charge in [-0.3, -0.25) is 4.79 Å². The smallest absolute Gasteiger partial charge is 0.251 e. The molecule has 0 bridgehead atoms. The number of hydrogen-bond donors (Lipinski definition) is 2. The second kappa shape index (κ2) is 6.16. The standard InChI is InChI=1S/C16H24N2O2/c1-4-20-15-8-6-12(9-13(15)17)16(19)18-14-7-5-10(2)11(14)3/h6,8-11,14H,4-5,7,17H2,1-3H3,(H,18,19). The van der Waals surface area contributed by atoms with Gasteiger partial charge in [-0.1, -0.05) is 13.8 Å². The van der Waals surface area contributed by atoms with Gasteiger partial charge in [0.15, 0.2) is 0 Å². The third-order valence-corrected chi connectivity index (χ3v) is 4.35. The van der Waals surface area contributed by atoms with Crippen molar-refractivity contribution in [2.24, 2.45) is 11.8 Å². The molecule has 1 aromatic rings. The molecule has 0 aromatic heterocycles. The van der Waals surface area contributed by atoms with E-state index in [4.69, 9.17) is 10.5 Å². The number of anilines is 1. The van der Waals surface area contributed by atoms with E-state index in [2.05, 4.69) is 19.2 Å². The van der Waals surface area contributed by atoms with Crippen LogP contribution in [-0.4, -0.2) is 18.6 Å². The van der Waals surface area contributed by atoms with Crippen LogP contribution in [0.4, 0.5) is 5.69 Å². The third kappa shape index (κ3) is 3.06. The average molecular weight is 276 g/mol. The fourth-order valence-corrected chi connectivity index (χ4v) is 2.80. The maximum absolute atomic E-state index is 12.3. The Balaban J connectivity index is 2.04. The predicted octanol–water partition coefficient (Wildman–Crippen LogP) is 2.83. The van der Waals surface area contributed by atoms with Crippen LogP contribution in [0.3, 0.4) is 0 Å². The SMILES string of the molecule is CCOc1ccc(C(=O)NC2CCC(C)C2C)cc1N. The summed E-state index contributed by atoms with van der Waals surface area (Å²) in [4.78, 5) is 12.3. The lowest BCUT2D eigenvalue weighted by molar-refractivity contribution is 0.0927. The maximum atomic E-state index is 12.3. The van der Waals surface area contributed by atoms with Crippen molar-refractivity contribution in [1.82, 2.24) is 5.32 Å². The van der Waals surface area contributed by atoms with Crippen molar-refractivity contribution >= 4 is 11.6 Å². The highest BCUT2D eigenvalue weighted by molar-refractivity contribution is 5.95. The van der Waals surface area contributed by atoms with Crippen molar-refractivity contribution in [2.45, 2.75) is 39.7 Å². The van der Waals surface area contributed by atoms with Gasteiger partial charge < -0.3 is 15.8 Å². The number of ether oxygens (including phenoxy) is 1. The fraction of sp³-hybridized carbons (Fsp3) is 0.562. The normalized spacial score (nSPS) is 25.4. The Morgan fingerprint density at radius 3 is 2.70 bits per heavy atom. The van der Waals surface area contributed by atoms with Gasteiger partial charge in [0.1, 0.15) is 5.75 Å². The number of benzene rings is 1. The summed E-state index contributed by atoms with van der Waals surface area (Å²) in [5.74, 6) is 1.78. The Bertz CT molecular complexity index is 487. The van der Waals surface area contributed by atoms with E-state index < -0.39 is 0 Å². The van der Waals surface area contributed by atoms with Crippen molar-refractivity contribution < 1.29 is 9.53 Å². The molecule has 4 nitrogen and oxygen atoms in total. The largest absolute Gasteiger partial charge is 0.492 e. The summed E-state index contributed by atoms with van der Waals surface area (Å²) in [6, 6.07) is 5.47. The molecule has 0 spiro atoms. The summed E-state index contributed by atoms with van der Waals surface area (Å²) in [6.45, 7) is 6.91. The van der Waals surface area contributed by atoms with Gasteiger partial charge in [0.2, 0.25) is 0 Å². The molecule has 20 heavy (non-hydrogen) atoms.